The van der Waals surface area contributed by atoms with Crippen molar-refractivity contribution >= 4 is 11.8 Å². The van der Waals surface area contributed by atoms with E-state index < -0.39 is 0 Å². The van der Waals surface area contributed by atoms with E-state index in [4.69, 9.17) is 0 Å². The van der Waals surface area contributed by atoms with E-state index in [0.717, 1.165) is 32.2 Å². The Kier molecular flexibility index (Phi) is 7.72. The van der Waals surface area contributed by atoms with Gasteiger partial charge in [-0.2, -0.15) is 0 Å². The molecule has 21 heavy (non-hydrogen) atoms. The molecule has 1 aliphatic rings. The molecule has 1 saturated heterocycles. The van der Waals surface area contributed by atoms with E-state index in [1.807, 2.05) is 18.9 Å². The monoisotopic (exact) mass is 297 g/mol. The van der Waals surface area contributed by atoms with Crippen molar-refractivity contribution < 1.29 is 9.59 Å². The van der Waals surface area contributed by atoms with Crippen LogP contribution in [0.3, 0.4) is 0 Å². The summed E-state index contributed by atoms with van der Waals surface area (Å²) in [4.78, 5) is 26.6. The van der Waals surface area contributed by atoms with Gasteiger partial charge in [0.2, 0.25) is 11.8 Å². The molecule has 0 aromatic heterocycles. The van der Waals surface area contributed by atoms with Crippen LogP contribution in [0.5, 0.6) is 0 Å². The lowest BCUT2D eigenvalue weighted by molar-refractivity contribution is -0.141. The second-order valence-corrected chi connectivity index (χ2v) is 6.22. The normalized spacial score (nSPS) is 23.7. The highest BCUT2D eigenvalue weighted by atomic mass is 16.2. The fourth-order valence-electron chi connectivity index (χ4n) is 2.84. The van der Waals surface area contributed by atoms with Crippen molar-refractivity contribution in [3.63, 3.8) is 0 Å². The molecule has 0 spiro atoms. The maximum Gasteiger partial charge on any atom is 0.226 e. The van der Waals surface area contributed by atoms with Gasteiger partial charge in [0.15, 0.2) is 0 Å². The standard InChI is InChI=1S/C16H31N3O2/c1-5-6-9-18-15(20)14-8-7-13(3)19(11-14)16(21)12(2)10-17-4/h12-14,17H,5-11H2,1-4H3,(H,18,20). The molecule has 2 N–H and O–H groups in total. The topological polar surface area (TPSA) is 61.4 Å². The van der Waals surface area contributed by atoms with Gasteiger partial charge >= 0.3 is 0 Å². The molecule has 122 valence electrons. The molecule has 0 saturated carbocycles. The number of hydrogen-bond acceptors (Lipinski definition) is 3. The molecule has 0 bridgehead atoms. The number of nitrogens with zero attached hydrogens (tertiary/aromatic N) is 1. The number of piperidine rings is 1. The maximum absolute atomic E-state index is 12.5. The van der Waals surface area contributed by atoms with Crippen LogP contribution in [0, 0.1) is 11.8 Å². The molecule has 5 heteroatoms. The Morgan fingerprint density at radius 1 is 1.33 bits per heavy atom. The Morgan fingerprint density at radius 3 is 2.67 bits per heavy atom. The van der Waals surface area contributed by atoms with Crippen molar-refractivity contribution in [2.24, 2.45) is 11.8 Å². The van der Waals surface area contributed by atoms with Crippen LogP contribution < -0.4 is 10.6 Å². The number of carbonyl (C=O) groups excluding carboxylic acids is 2. The second-order valence-electron chi connectivity index (χ2n) is 6.22. The molecule has 0 aromatic rings. The summed E-state index contributed by atoms with van der Waals surface area (Å²) in [6.07, 6.45) is 3.87. The van der Waals surface area contributed by atoms with Crippen LogP contribution in [0.15, 0.2) is 0 Å². The van der Waals surface area contributed by atoms with Crippen molar-refractivity contribution in [1.29, 1.82) is 0 Å². The Balaban J connectivity index is 2.56. The summed E-state index contributed by atoms with van der Waals surface area (Å²) >= 11 is 0. The fraction of sp³-hybridized carbons (Fsp3) is 0.875. The molecule has 1 rings (SSSR count). The van der Waals surface area contributed by atoms with Gasteiger partial charge in [0.05, 0.1) is 5.92 Å². The molecule has 1 aliphatic heterocycles. The highest BCUT2D eigenvalue weighted by Gasteiger charge is 2.33. The minimum absolute atomic E-state index is 0.0423. The number of unbranched alkanes of at least 4 members (excludes halogenated alkanes) is 1. The Labute approximate surface area is 128 Å². The van der Waals surface area contributed by atoms with E-state index in [1.165, 1.54) is 0 Å². The summed E-state index contributed by atoms with van der Waals surface area (Å²) in [6, 6.07) is 0.233. The minimum Gasteiger partial charge on any atom is -0.356 e. The van der Waals surface area contributed by atoms with Crippen LogP contribution in [0.1, 0.15) is 46.5 Å². The first-order chi connectivity index (χ1) is 10.0. The minimum atomic E-state index is -0.0520. The molecular formula is C16H31N3O2. The highest BCUT2D eigenvalue weighted by molar-refractivity contribution is 5.82. The van der Waals surface area contributed by atoms with Crippen LogP contribution in [0.4, 0.5) is 0 Å². The molecule has 1 heterocycles. The largest absolute Gasteiger partial charge is 0.356 e. The van der Waals surface area contributed by atoms with Crippen LogP contribution in [-0.2, 0) is 9.59 Å². The molecule has 5 nitrogen and oxygen atoms in total. The van der Waals surface area contributed by atoms with Gasteiger partial charge < -0.3 is 15.5 Å². The molecule has 3 unspecified atom stereocenters. The van der Waals surface area contributed by atoms with Gasteiger partial charge in [-0.05, 0) is 33.2 Å². The molecular weight excluding hydrogens is 266 g/mol. The fourth-order valence-corrected chi connectivity index (χ4v) is 2.84. The van der Waals surface area contributed by atoms with E-state index in [2.05, 4.69) is 24.5 Å². The predicted molar refractivity (Wildman–Crippen MR) is 84.9 cm³/mol. The maximum atomic E-state index is 12.5. The van der Waals surface area contributed by atoms with E-state index in [9.17, 15) is 9.59 Å². The smallest absolute Gasteiger partial charge is 0.226 e. The molecule has 0 radical (unpaired) electrons. The van der Waals surface area contributed by atoms with E-state index in [0.29, 0.717) is 13.1 Å². The first kappa shape index (κ1) is 18.0. The van der Waals surface area contributed by atoms with Crippen molar-refractivity contribution in [2.45, 2.75) is 52.5 Å². The molecule has 1 fully saturated rings. The molecule has 2 amide bonds. The van der Waals surface area contributed by atoms with Crippen molar-refractivity contribution in [2.75, 3.05) is 26.7 Å². The predicted octanol–water partition coefficient (Wildman–Crippen LogP) is 1.39. The van der Waals surface area contributed by atoms with Gasteiger partial charge in [-0.3, -0.25) is 9.59 Å². The van der Waals surface area contributed by atoms with Crippen LogP contribution in [0.25, 0.3) is 0 Å². The third kappa shape index (κ3) is 5.30. The number of nitrogens with one attached hydrogen (secondary N) is 2. The summed E-state index contributed by atoms with van der Waals surface area (Å²) in [5.74, 6) is 0.167. The quantitative estimate of drug-likeness (QED) is 0.698. The lowest BCUT2D eigenvalue weighted by atomic mass is 9.91. The lowest BCUT2D eigenvalue weighted by Gasteiger charge is -2.38. The highest BCUT2D eigenvalue weighted by Crippen LogP contribution is 2.23. The van der Waals surface area contributed by atoms with Crippen LogP contribution >= 0.6 is 0 Å². The summed E-state index contributed by atoms with van der Waals surface area (Å²) in [7, 11) is 1.85. The zero-order chi connectivity index (χ0) is 15.8. The van der Waals surface area contributed by atoms with Gasteiger partial charge in [-0.15, -0.1) is 0 Å². The number of hydrogen-bond donors (Lipinski definition) is 2. The average molecular weight is 297 g/mol. The Bertz CT molecular complexity index is 346. The van der Waals surface area contributed by atoms with Crippen LogP contribution in [-0.4, -0.2) is 49.4 Å². The third-order valence-electron chi connectivity index (χ3n) is 4.30. The summed E-state index contributed by atoms with van der Waals surface area (Å²) in [5.41, 5.74) is 0. The van der Waals surface area contributed by atoms with Crippen LogP contribution in [0.2, 0.25) is 0 Å². The van der Waals surface area contributed by atoms with Crippen molar-refractivity contribution in [3.05, 3.63) is 0 Å². The first-order valence-electron chi connectivity index (χ1n) is 8.24. The number of amides is 2. The van der Waals surface area contributed by atoms with E-state index in [-0.39, 0.29) is 29.7 Å². The zero-order valence-electron chi connectivity index (χ0n) is 13.9. The first-order valence-corrected chi connectivity index (χ1v) is 8.24. The van der Waals surface area contributed by atoms with Gasteiger partial charge in [-0.25, -0.2) is 0 Å². The van der Waals surface area contributed by atoms with E-state index in [1.54, 1.807) is 0 Å². The summed E-state index contributed by atoms with van der Waals surface area (Å²) in [6.45, 7) is 8.11. The second kappa shape index (κ2) is 9.03. The van der Waals surface area contributed by atoms with E-state index >= 15 is 0 Å². The molecule has 3 atom stereocenters. The number of rotatable bonds is 7. The zero-order valence-corrected chi connectivity index (χ0v) is 13.9. The lowest BCUT2D eigenvalue weighted by Crippen LogP contribution is -2.51. The van der Waals surface area contributed by atoms with Crippen molar-refractivity contribution in [1.82, 2.24) is 15.5 Å². The van der Waals surface area contributed by atoms with Gasteiger partial charge in [-0.1, -0.05) is 20.3 Å². The molecule has 0 aromatic carbocycles. The summed E-state index contributed by atoms with van der Waals surface area (Å²) in [5, 5.41) is 6.04. The van der Waals surface area contributed by atoms with Gasteiger partial charge in [0.1, 0.15) is 0 Å². The molecule has 0 aliphatic carbocycles. The van der Waals surface area contributed by atoms with Crippen molar-refractivity contribution in [3.8, 4) is 0 Å². The average Bonchev–Trinajstić information content (AvgIpc) is 2.47. The SMILES string of the molecule is CCCCNC(=O)C1CCC(C)N(C(=O)C(C)CNC)C1. The Hall–Kier alpha value is -1.10. The number of likely N-dealkylation sites (tertiary alicyclic amines) is 1. The number of carbonyl (C=O) groups is 2. The summed E-state index contributed by atoms with van der Waals surface area (Å²) < 4.78 is 0. The third-order valence-corrected chi connectivity index (χ3v) is 4.30. The van der Waals surface area contributed by atoms with Gasteiger partial charge in [0, 0.05) is 31.6 Å². The van der Waals surface area contributed by atoms with Gasteiger partial charge in [0.25, 0.3) is 0 Å². The Morgan fingerprint density at radius 2 is 2.05 bits per heavy atom.